The van der Waals surface area contributed by atoms with E-state index in [1.807, 2.05) is 25.1 Å². The van der Waals surface area contributed by atoms with Crippen molar-refractivity contribution in [1.29, 1.82) is 0 Å². The van der Waals surface area contributed by atoms with Crippen molar-refractivity contribution in [1.82, 2.24) is 10.6 Å². The standard InChI is InChI=1S/C26H29Cl2FN4OS/c1-26(12-6-5-9-21(26)29)13-14-30-25(35)32-23-24(34)33(2)20-11-10-16(27)15-18(20)22(31-23)17-7-3-4-8-19(17)28/h3-4,7-8,10-11,15,21,23H,5-6,9,12-14H2,1-2H3,(H2,30,32,35). The van der Waals surface area contributed by atoms with Gasteiger partial charge in [-0.15, -0.1) is 0 Å². The van der Waals surface area contributed by atoms with Crippen molar-refractivity contribution in [2.24, 2.45) is 10.4 Å². The fourth-order valence-corrected chi connectivity index (χ4v) is 5.40. The molecule has 0 saturated heterocycles. The number of alkyl halides is 1. The first kappa shape index (κ1) is 25.9. The highest BCUT2D eigenvalue weighted by atomic mass is 35.5. The molecule has 1 aliphatic carbocycles. The summed E-state index contributed by atoms with van der Waals surface area (Å²) < 4.78 is 14.5. The van der Waals surface area contributed by atoms with Crippen molar-refractivity contribution in [2.75, 3.05) is 18.5 Å². The number of likely N-dealkylation sites (N-methyl/N-ethyl adjacent to an activating group) is 1. The van der Waals surface area contributed by atoms with E-state index in [4.69, 9.17) is 40.4 Å². The predicted molar refractivity (Wildman–Crippen MR) is 146 cm³/mol. The van der Waals surface area contributed by atoms with Gasteiger partial charge in [-0.1, -0.05) is 61.2 Å². The van der Waals surface area contributed by atoms with Crippen LogP contribution < -0.4 is 15.5 Å². The number of anilines is 1. The molecule has 1 heterocycles. The van der Waals surface area contributed by atoms with Crippen LogP contribution in [0.5, 0.6) is 0 Å². The highest BCUT2D eigenvalue weighted by Gasteiger charge is 2.36. The molecule has 1 fully saturated rings. The van der Waals surface area contributed by atoms with Crippen molar-refractivity contribution < 1.29 is 9.18 Å². The van der Waals surface area contributed by atoms with E-state index in [0.29, 0.717) is 52.0 Å². The summed E-state index contributed by atoms with van der Waals surface area (Å²) >= 11 is 18.3. The minimum absolute atomic E-state index is 0.275. The number of rotatable bonds is 5. The van der Waals surface area contributed by atoms with E-state index < -0.39 is 12.3 Å². The maximum Gasteiger partial charge on any atom is 0.272 e. The van der Waals surface area contributed by atoms with Gasteiger partial charge < -0.3 is 15.5 Å². The maximum atomic E-state index is 14.5. The second-order valence-corrected chi connectivity index (χ2v) is 10.7. The fourth-order valence-electron chi connectivity index (χ4n) is 4.78. The molecule has 0 aromatic heterocycles. The van der Waals surface area contributed by atoms with Crippen LogP contribution in [0.3, 0.4) is 0 Å². The number of thiocarbonyl (C=S) groups is 1. The number of carbonyl (C=O) groups excluding carboxylic acids is 1. The minimum Gasteiger partial charge on any atom is -0.363 e. The van der Waals surface area contributed by atoms with Gasteiger partial charge in [0.25, 0.3) is 5.91 Å². The van der Waals surface area contributed by atoms with Gasteiger partial charge in [0.2, 0.25) is 6.17 Å². The van der Waals surface area contributed by atoms with Crippen LogP contribution >= 0.6 is 35.4 Å². The Morgan fingerprint density at radius 2 is 2.00 bits per heavy atom. The quantitative estimate of drug-likeness (QED) is 0.468. The number of amides is 1. The third-order valence-corrected chi connectivity index (χ3v) is 7.81. The normalized spacial score (nSPS) is 24.3. The monoisotopic (exact) mass is 534 g/mol. The number of hydrogen-bond donors (Lipinski definition) is 2. The lowest BCUT2D eigenvalue weighted by molar-refractivity contribution is -0.119. The van der Waals surface area contributed by atoms with Crippen LogP contribution in [0.4, 0.5) is 10.1 Å². The molecule has 1 aliphatic heterocycles. The summed E-state index contributed by atoms with van der Waals surface area (Å²) in [4.78, 5) is 19.7. The Bertz CT molecular complexity index is 1160. The lowest BCUT2D eigenvalue weighted by Crippen LogP contribution is -2.50. The Hall–Kier alpha value is -2.22. The van der Waals surface area contributed by atoms with Gasteiger partial charge >= 0.3 is 0 Å². The van der Waals surface area contributed by atoms with Gasteiger partial charge in [-0.05, 0) is 55.7 Å². The Labute approximate surface area is 221 Å². The SMILES string of the molecule is CN1C(=O)C(NC(=S)NCCC2(C)CCCCC2F)N=C(c2ccccc2Cl)c2cc(Cl)ccc21. The van der Waals surface area contributed by atoms with Gasteiger partial charge in [0.05, 0.1) is 11.4 Å². The largest absolute Gasteiger partial charge is 0.363 e. The number of benzodiazepines with no additional fused rings is 1. The molecule has 0 bridgehead atoms. The van der Waals surface area contributed by atoms with E-state index in [1.165, 1.54) is 4.90 Å². The smallest absolute Gasteiger partial charge is 0.272 e. The van der Waals surface area contributed by atoms with E-state index in [-0.39, 0.29) is 16.4 Å². The van der Waals surface area contributed by atoms with E-state index in [1.54, 1.807) is 31.3 Å². The third-order valence-electron chi connectivity index (χ3n) is 6.99. The van der Waals surface area contributed by atoms with Crippen LogP contribution in [0.25, 0.3) is 0 Å². The molecule has 1 amide bonds. The highest BCUT2D eigenvalue weighted by Crippen LogP contribution is 2.40. The lowest BCUT2D eigenvalue weighted by atomic mass is 9.72. The molecule has 5 nitrogen and oxygen atoms in total. The molecule has 35 heavy (non-hydrogen) atoms. The summed E-state index contributed by atoms with van der Waals surface area (Å²) in [7, 11) is 1.69. The molecule has 3 unspecified atom stereocenters. The first-order valence-electron chi connectivity index (χ1n) is 11.8. The first-order valence-corrected chi connectivity index (χ1v) is 12.9. The van der Waals surface area contributed by atoms with Crippen LogP contribution in [-0.4, -0.2) is 42.7 Å². The summed E-state index contributed by atoms with van der Waals surface area (Å²) in [6.45, 7) is 2.51. The molecular weight excluding hydrogens is 506 g/mol. The van der Waals surface area contributed by atoms with Crippen molar-refractivity contribution in [3.63, 3.8) is 0 Å². The second kappa shape index (κ2) is 10.8. The fraction of sp³-hybridized carbons (Fsp3) is 0.423. The van der Waals surface area contributed by atoms with Crippen LogP contribution in [0.1, 0.15) is 50.2 Å². The van der Waals surface area contributed by atoms with Gasteiger partial charge in [-0.3, -0.25) is 4.79 Å². The topological polar surface area (TPSA) is 56.7 Å². The molecule has 9 heteroatoms. The number of nitrogens with one attached hydrogen (secondary N) is 2. The first-order chi connectivity index (χ1) is 16.7. The molecule has 4 rings (SSSR count). The Kier molecular flexibility index (Phi) is 7.99. The number of benzene rings is 2. The van der Waals surface area contributed by atoms with Gasteiger partial charge in [-0.2, -0.15) is 0 Å². The lowest BCUT2D eigenvalue weighted by Gasteiger charge is -2.37. The summed E-state index contributed by atoms with van der Waals surface area (Å²) in [5.41, 5.74) is 2.24. The van der Waals surface area contributed by atoms with Crippen molar-refractivity contribution in [3.8, 4) is 0 Å². The summed E-state index contributed by atoms with van der Waals surface area (Å²) in [5, 5.41) is 7.51. The molecule has 2 aliphatic rings. The van der Waals surface area contributed by atoms with Gasteiger partial charge in [0, 0.05) is 40.2 Å². The molecule has 1 saturated carbocycles. The zero-order valence-corrected chi connectivity index (χ0v) is 22.1. The Morgan fingerprint density at radius 1 is 1.23 bits per heavy atom. The number of halogens is 3. The van der Waals surface area contributed by atoms with Gasteiger partial charge in [0.15, 0.2) is 5.11 Å². The van der Waals surface area contributed by atoms with Crippen molar-refractivity contribution in [2.45, 2.75) is 51.4 Å². The van der Waals surface area contributed by atoms with Crippen molar-refractivity contribution in [3.05, 3.63) is 63.6 Å². The number of aliphatic imine (C=N–C) groups is 1. The molecule has 0 spiro atoms. The van der Waals surface area contributed by atoms with E-state index in [9.17, 15) is 9.18 Å². The number of hydrogen-bond acceptors (Lipinski definition) is 3. The number of carbonyl (C=O) groups is 1. The molecule has 2 N–H and O–H groups in total. The molecule has 2 aromatic rings. The summed E-state index contributed by atoms with van der Waals surface area (Å²) in [5.74, 6) is -0.275. The number of nitrogens with zero attached hydrogens (tertiary/aromatic N) is 2. The summed E-state index contributed by atoms with van der Waals surface area (Å²) in [6.07, 6.45) is 2.36. The third kappa shape index (κ3) is 5.63. The number of fused-ring (bicyclic) bond motifs is 1. The van der Waals surface area contributed by atoms with Crippen LogP contribution in [0.15, 0.2) is 47.5 Å². The predicted octanol–water partition coefficient (Wildman–Crippen LogP) is 5.91. The zero-order chi connectivity index (χ0) is 25.2. The average Bonchev–Trinajstić information content (AvgIpc) is 2.92. The molecule has 0 radical (unpaired) electrons. The summed E-state index contributed by atoms with van der Waals surface area (Å²) in [6, 6.07) is 12.6. The minimum atomic E-state index is -0.975. The average molecular weight is 536 g/mol. The molecule has 186 valence electrons. The zero-order valence-electron chi connectivity index (χ0n) is 19.8. The van der Waals surface area contributed by atoms with Crippen LogP contribution in [0, 0.1) is 5.41 Å². The second-order valence-electron chi connectivity index (χ2n) is 9.44. The van der Waals surface area contributed by atoms with Crippen LogP contribution in [-0.2, 0) is 4.79 Å². The molecule has 2 aromatic carbocycles. The highest BCUT2D eigenvalue weighted by molar-refractivity contribution is 7.80. The van der Waals surface area contributed by atoms with E-state index >= 15 is 0 Å². The maximum absolute atomic E-state index is 14.5. The van der Waals surface area contributed by atoms with Gasteiger partial charge in [0.1, 0.15) is 6.17 Å². The van der Waals surface area contributed by atoms with E-state index in [2.05, 4.69) is 10.6 Å². The molecule has 3 atom stereocenters. The Balaban J connectivity index is 1.57. The van der Waals surface area contributed by atoms with E-state index in [0.717, 1.165) is 19.3 Å². The Morgan fingerprint density at radius 3 is 2.74 bits per heavy atom. The molecular formula is C26H29Cl2FN4OS. The van der Waals surface area contributed by atoms with Crippen molar-refractivity contribution >= 4 is 57.8 Å². The van der Waals surface area contributed by atoms with Crippen LogP contribution in [0.2, 0.25) is 10.0 Å². The van der Waals surface area contributed by atoms with Gasteiger partial charge in [-0.25, -0.2) is 9.38 Å².